The average molecular weight is 457 g/mol. The number of oxazole rings is 1. The molecule has 0 bridgehead atoms. The maximum atomic E-state index is 13.5. The zero-order valence-corrected chi connectivity index (χ0v) is 18.3. The largest absolute Gasteiger partial charge is 0.452 e. The lowest BCUT2D eigenvalue weighted by Gasteiger charge is -2.43. The lowest BCUT2D eigenvalue weighted by atomic mass is 9.89. The predicted octanol–water partition coefficient (Wildman–Crippen LogP) is 5.54. The second-order valence-electron chi connectivity index (χ2n) is 7.97. The van der Waals surface area contributed by atoms with Crippen LogP contribution in [0.3, 0.4) is 0 Å². The Labute approximate surface area is 188 Å². The minimum atomic E-state index is -4.86. The normalized spacial score (nSPS) is 18.1. The summed E-state index contributed by atoms with van der Waals surface area (Å²) in [6.07, 6.45) is -4.53. The van der Waals surface area contributed by atoms with Crippen LogP contribution in [0.2, 0.25) is 0 Å². The van der Waals surface area contributed by atoms with Crippen molar-refractivity contribution in [2.45, 2.75) is 45.5 Å². The molecule has 0 radical (unpaired) electrons. The molecule has 2 unspecified atom stereocenters. The van der Waals surface area contributed by atoms with E-state index < -0.39 is 35.6 Å². The molecule has 9 heteroatoms. The first-order valence-electron chi connectivity index (χ1n) is 10.4. The number of hydrogen-bond acceptors (Lipinski definition) is 4. The number of fused-ring (bicyclic) bond motifs is 1. The van der Waals surface area contributed by atoms with Crippen molar-refractivity contribution in [1.29, 1.82) is 0 Å². The van der Waals surface area contributed by atoms with Gasteiger partial charge in [-0.25, -0.2) is 4.98 Å². The first-order valence-corrected chi connectivity index (χ1v) is 10.4. The summed E-state index contributed by atoms with van der Waals surface area (Å²) in [5.74, 6) is -2.73. The quantitative estimate of drug-likeness (QED) is 0.518. The van der Waals surface area contributed by atoms with Crippen LogP contribution in [0.1, 0.15) is 54.0 Å². The van der Waals surface area contributed by atoms with Gasteiger partial charge in [-0.2, -0.15) is 13.2 Å². The molecular formula is C24H22F3N3O3. The zero-order valence-electron chi connectivity index (χ0n) is 18.3. The number of nitrogens with zero attached hydrogens (tertiary/aromatic N) is 3. The Morgan fingerprint density at radius 2 is 1.73 bits per heavy atom. The minimum Gasteiger partial charge on any atom is -0.436 e. The fraction of sp³-hybridized carbons (Fsp3) is 0.292. The first-order chi connectivity index (χ1) is 15.6. The molecule has 1 aromatic heterocycles. The molecule has 33 heavy (non-hydrogen) atoms. The summed E-state index contributed by atoms with van der Waals surface area (Å²) in [4.78, 5) is 32.7. The molecular weight excluding hydrogens is 435 g/mol. The Hall–Kier alpha value is -3.62. The van der Waals surface area contributed by atoms with Gasteiger partial charge in [0.15, 0.2) is 11.6 Å². The van der Waals surface area contributed by atoms with E-state index in [4.69, 9.17) is 4.42 Å². The maximum absolute atomic E-state index is 13.5. The Morgan fingerprint density at radius 1 is 1.09 bits per heavy atom. The number of alkyl halides is 3. The molecule has 0 saturated carbocycles. The van der Waals surface area contributed by atoms with Crippen molar-refractivity contribution >= 4 is 23.2 Å². The second-order valence-corrected chi connectivity index (χ2v) is 7.97. The highest BCUT2D eigenvalue weighted by Crippen LogP contribution is 2.43. The van der Waals surface area contributed by atoms with E-state index in [1.807, 2.05) is 30.3 Å². The Kier molecular flexibility index (Phi) is 5.73. The van der Waals surface area contributed by atoms with E-state index in [0.717, 1.165) is 0 Å². The van der Waals surface area contributed by atoms with Crippen LogP contribution in [0.25, 0.3) is 0 Å². The molecule has 2 heterocycles. The van der Waals surface area contributed by atoms with Crippen molar-refractivity contribution in [3.63, 3.8) is 0 Å². The number of aryl methyl sites for hydroxylation is 1. The third kappa shape index (κ3) is 4.10. The van der Waals surface area contributed by atoms with Gasteiger partial charge in [-0.15, -0.1) is 0 Å². The third-order valence-electron chi connectivity index (χ3n) is 5.66. The van der Waals surface area contributed by atoms with Crippen LogP contribution in [0, 0.1) is 6.92 Å². The summed E-state index contributed by atoms with van der Waals surface area (Å²) in [6.45, 7) is 4.47. The molecule has 0 fully saturated rings. The summed E-state index contributed by atoms with van der Waals surface area (Å²) in [5, 5.41) is 0. The van der Waals surface area contributed by atoms with Crippen LogP contribution in [0.15, 0.2) is 59.0 Å². The molecule has 172 valence electrons. The van der Waals surface area contributed by atoms with Gasteiger partial charge in [0, 0.05) is 31.3 Å². The van der Waals surface area contributed by atoms with E-state index in [1.165, 1.54) is 18.7 Å². The standard InChI is InChI=1S/C24H22F3N3O3/c1-14-13-20(30(16(3)31)17-9-5-4-6-10-17)18-11-7-8-12-19(18)29(14)23(32)21-22(24(25,26)27)33-15(2)28-21/h4-12,14,20H,13H2,1-3H3. The fourth-order valence-electron chi connectivity index (χ4n) is 4.38. The van der Waals surface area contributed by atoms with E-state index in [0.29, 0.717) is 23.4 Å². The average Bonchev–Trinajstić information content (AvgIpc) is 3.16. The smallest absolute Gasteiger partial charge is 0.436 e. The van der Waals surface area contributed by atoms with Gasteiger partial charge < -0.3 is 14.2 Å². The number of rotatable bonds is 3. The number of para-hydroxylation sites is 2. The van der Waals surface area contributed by atoms with Crippen molar-refractivity contribution in [3.8, 4) is 0 Å². The van der Waals surface area contributed by atoms with Gasteiger partial charge >= 0.3 is 6.18 Å². The molecule has 3 aromatic rings. The van der Waals surface area contributed by atoms with Gasteiger partial charge in [-0.3, -0.25) is 9.59 Å². The molecule has 2 atom stereocenters. The second kappa shape index (κ2) is 8.38. The highest BCUT2D eigenvalue weighted by Gasteiger charge is 2.45. The number of amides is 2. The highest BCUT2D eigenvalue weighted by molar-refractivity contribution is 6.07. The lowest BCUT2D eigenvalue weighted by molar-refractivity contribution is -0.153. The van der Waals surface area contributed by atoms with E-state index in [9.17, 15) is 22.8 Å². The van der Waals surface area contributed by atoms with Crippen molar-refractivity contribution in [2.24, 2.45) is 0 Å². The molecule has 4 rings (SSSR count). The predicted molar refractivity (Wildman–Crippen MR) is 116 cm³/mol. The van der Waals surface area contributed by atoms with Gasteiger partial charge in [0.05, 0.1) is 6.04 Å². The van der Waals surface area contributed by atoms with Crippen molar-refractivity contribution in [2.75, 3.05) is 9.80 Å². The van der Waals surface area contributed by atoms with Crippen LogP contribution in [0.4, 0.5) is 24.5 Å². The molecule has 0 saturated heterocycles. The molecule has 6 nitrogen and oxygen atoms in total. The van der Waals surface area contributed by atoms with Gasteiger partial charge in [-0.05, 0) is 37.1 Å². The molecule has 2 aromatic carbocycles. The number of carbonyl (C=O) groups excluding carboxylic acids is 2. The number of anilines is 2. The van der Waals surface area contributed by atoms with Crippen LogP contribution in [-0.4, -0.2) is 22.8 Å². The topological polar surface area (TPSA) is 66.7 Å². The van der Waals surface area contributed by atoms with E-state index in [1.54, 1.807) is 36.1 Å². The molecule has 0 spiro atoms. The monoisotopic (exact) mass is 457 g/mol. The Balaban J connectivity index is 1.81. The molecule has 1 aliphatic heterocycles. The van der Waals surface area contributed by atoms with E-state index in [-0.39, 0.29) is 11.8 Å². The van der Waals surface area contributed by atoms with Crippen LogP contribution < -0.4 is 9.80 Å². The van der Waals surface area contributed by atoms with Crippen molar-refractivity contribution in [3.05, 3.63) is 77.5 Å². The number of aromatic nitrogens is 1. The van der Waals surface area contributed by atoms with Crippen LogP contribution in [-0.2, 0) is 11.0 Å². The first kappa shape index (κ1) is 22.6. The molecule has 0 N–H and O–H groups in total. The molecule has 2 amide bonds. The number of carbonyl (C=O) groups is 2. The summed E-state index contributed by atoms with van der Waals surface area (Å²) >= 11 is 0. The van der Waals surface area contributed by atoms with Gasteiger partial charge in [0.1, 0.15) is 0 Å². The highest BCUT2D eigenvalue weighted by atomic mass is 19.4. The van der Waals surface area contributed by atoms with Gasteiger partial charge in [0.25, 0.3) is 5.91 Å². The summed E-state index contributed by atoms with van der Waals surface area (Å²) in [6, 6.07) is 15.1. The summed E-state index contributed by atoms with van der Waals surface area (Å²) in [7, 11) is 0. The van der Waals surface area contributed by atoms with Crippen LogP contribution >= 0.6 is 0 Å². The number of halogens is 3. The zero-order chi connectivity index (χ0) is 23.9. The number of benzene rings is 2. The Bertz CT molecular complexity index is 1190. The summed E-state index contributed by atoms with van der Waals surface area (Å²) in [5.41, 5.74) is 1.02. The van der Waals surface area contributed by atoms with Crippen LogP contribution in [0.5, 0.6) is 0 Å². The van der Waals surface area contributed by atoms with E-state index >= 15 is 0 Å². The molecule has 0 aliphatic carbocycles. The molecule has 1 aliphatic rings. The lowest BCUT2D eigenvalue weighted by Crippen LogP contribution is -2.47. The summed E-state index contributed by atoms with van der Waals surface area (Å²) < 4.78 is 45.2. The number of hydrogen-bond donors (Lipinski definition) is 0. The maximum Gasteiger partial charge on any atom is 0.452 e. The van der Waals surface area contributed by atoms with Crippen molar-refractivity contribution < 1.29 is 27.2 Å². The Morgan fingerprint density at radius 3 is 2.36 bits per heavy atom. The van der Waals surface area contributed by atoms with Gasteiger partial charge in [0.2, 0.25) is 11.7 Å². The SMILES string of the molecule is CC(=O)N(c1ccccc1)C1CC(C)N(C(=O)c2nc(C)oc2C(F)(F)F)c2ccccc21. The van der Waals surface area contributed by atoms with E-state index in [2.05, 4.69) is 4.98 Å². The van der Waals surface area contributed by atoms with Gasteiger partial charge in [-0.1, -0.05) is 36.4 Å². The fourth-order valence-corrected chi connectivity index (χ4v) is 4.38. The third-order valence-corrected chi connectivity index (χ3v) is 5.66. The minimum absolute atomic E-state index is 0.181. The van der Waals surface area contributed by atoms with Crippen molar-refractivity contribution in [1.82, 2.24) is 4.98 Å².